The van der Waals surface area contributed by atoms with Gasteiger partial charge in [0.2, 0.25) is 0 Å². The van der Waals surface area contributed by atoms with Crippen LogP contribution < -0.4 is 5.73 Å². The van der Waals surface area contributed by atoms with Gasteiger partial charge >= 0.3 is 0 Å². The first-order valence-corrected chi connectivity index (χ1v) is 10.8. The van der Waals surface area contributed by atoms with E-state index >= 15 is 0 Å². The summed E-state index contributed by atoms with van der Waals surface area (Å²) in [5.74, 6) is 6.25. The third-order valence-corrected chi connectivity index (χ3v) is 5.45. The molecule has 0 radical (unpaired) electrons. The molecule has 0 spiro atoms. The van der Waals surface area contributed by atoms with Gasteiger partial charge in [-0.15, -0.1) is 19.1 Å². The van der Waals surface area contributed by atoms with E-state index in [2.05, 4.69) is 43.0 Å². The second-order valence-corrected chi connectivity index (χ2v) is 11.1. The normalized spacial score (nSPS) is 30.5. The van der Waals surface area contributed by atoms with E-state index < -0.39 is 31.4 Å². The van der Waals surface area contributed by atoms with E-state index in [1.54, 1.807) is 18.0 Å². The molecule has 6 nitrogen and oxygen atoms in total. The molecule has 2 rings (SSSR count). The van der Waals surface area contributed by atoms with Crippen molar-refractivity contribution in [2.45, 2.75) is 37.9 Å². The summed E-state index contributed by atoms with van der Waals surface area (Å²) in [7, 11) is 0. The molecular formula is C17H26N3O3P. The summed E-state index contributed by atoms with van der Waals surface area (Å²) >= 11 is 0. The molecule has 0 aromatic carbocycles. The highest BCUT2D eigenvalue weighted by atomic mass is 31.2. The van der Waals surface area contributed by atoms with Crippen molar-refractivity contribution in [3.05, 3.63) is 24.2 Å². The van der Waals surface area contributed by atoms with Crippen LogP contribution in [0.1, 0.15) is 13.3 Å². The Hall–Kier alpha value is -1.51. The number of aliphatic hydroxyl groups is 2. The molecule has 1 fully saturated rings. The Balaban J connectivity index is 2.18. The first-order valence-electron chi connectivity index (χ1n) is 7.79. The van der Waals surface area contributed by atoms with Gasteiger partial charge in [-0.05, 0) is 32.8 Å². The number of hydrogen-bond donors (Lipinski definition) is 3. The molecule has 24 heavy (non-hydrogen) atoms. The highest BCUT2D eigenvalue weighted by Gasteiger charge is 2.45. The van der Waals surface area contributed by atoms with E-state index in [-0.39, 0.29) is 5.84 Å². The Bertz CT molecular complexity index is 683. The fraction of sp³-hybridized carbons (Fsp3) is 0.529. The van der Waals surface area contributed by atoms with E-state index in [0.29, 0.717) is 17.8 Å². The Morgan fingerprint density at radius 1 is 1.42 bits per heavy atom. The quantitative estimate of drug-likeness (QED) is 0.509. The second kappa shape index (κ2) is 7.16. The van der Waals surface area contributed by atoms with E-state index in [4.69, 9.17) is 10.5 Å². The summed E-state index contributed by atoms with van der Waals surface area (Å²) in [6.07, 6.45) is 4.09. The topological polar surface area (TPSA) is 91.3 Å². The molecule has 2 aliphatic rings. The largest absolute Gasteiger partial charge is 0.388 e. The fourth-order valence-electron chi connectivity index (χ4n) is 2.66. The zero-order valence-electron chi connectivity index (χ0n) is 14.4. The molecule has 4 atom stereocenters. The molecule has 2 heterocycles. The van der Waals surface area contributed by atoms with Gasteiger partial charge in [-0.25, -0.2) is 4.99 Å². The SMILES string of the molecule is C=C1N=C(N)C(C#CC)=CN1[C@@H]1OC(CCP(=C)(C)C)[C@@H](O)[C@H]1O. The maximum Gasteiger partial charge on any atom is 0.164 e. The smallest absolute Gasteiger partial charge is 0.164 e. The summed E-state index contributed by atoms with van der Waals surface area (Å²) in [6.45, 7) is 8.58. The third kappa shape index (κ3) is 4.12. The van der Waals surface area contributed by atoms with Gasteiger partial charge in [0.1, 0.15) is 23.9 Å². The van der Waals surface area contributed by atoms with Crippen molar-refractivity contribution in [2.75, 3.05) is 19.5 Å². The molecular weight excluding hydrogens is 325 g/mol. The van der Waals surface area contributed by atoms with Crippen LogP contribution in [0.3, 0.4) is 0 Å². The zero-order chi connectivity index (χ0) is 18.1. The van der Waals surface area contributed by atoms with Gasteiger partial charge in [0.25, 0.3) is 0 Å². The highest BCUT2D eigenvalue weighted by Crippen LogP contribution is 2.38. The average Bonchev–Trinajstić information content (AvgIpc) is 2.75. The lowest BCUT2D eigenvalue weighted by Crippen LogP contribution is -2.42. The van der Waals surface area contributed by atoms with Crippen LogP contribution in [0.25, 0.3) is 0 Å². The number of aliphatic hydroxyl groups excluding tert-OH is 2. The lowest BCUT2D eigenvalue weighted by atomic mass is 10.1. The number of aliphatic imine (C=N–C) groups is 1. The summed E-state index contributed by atoms with van der Waals surface area (Å²) in [5, 5.41) is 20.7. The number of amidine groups is 1. The van der Waals surface area contributed by atoms with E-state index in [1.165, 1.54) is 0 Å². The molecule has 132 valence electrons. The van der Waals surface area contributed by atoms with E-state index in [9.17, 15) is 10.2 Å². The van der Waals surface area contributed by atoms with Gasteiger partial charge in [0, 0.05) is 6.20 Å². The van der Waals surface area contributed by atoms with Crippen LogP contribution in [-0.4, -0.2) is 71.3 Å². The van der Waals surface area contributed by atoms with Crippen LogP contribution in [0.2, 0.25) is 0 Å². The van der Waals surface area contributed by atoms with Crippen molar-refractivity contribution >= 4 is 19.0 Å². The van der Waals surface area contributed by atoms with Crippen molar-refractivity contribution < 1.29 is 14.9 Å². The van der Waals surface area contributed by atoms with Crippen LogP contribution in [0.15, 0.2) is 29.2 Å². The van der Waals surface area contributed by atoms with Crippen LogP contribution in [0.4, 0.5) is 0 Å². The molecule has 7 heteroatoms. The van der Waals surface area contributed by atoms with Crippen molar-refractivity contribution in [1.82, 2.24) is 4.90 Å². The van der Waals surface area contributed by atoms with Gasteiger partial charge in [0.15, 0.2) is 6.23 Å². The van der Waals surface area contributed by atoms with Crippen LogP contribution in [0.5, 0.6) is 0 Å². The summed E-state index contributed by atoms with van der Waals surface area (Å²) in [5.41, 5.74) is 6.37. The van der Waals surface area contributed by atoms with Crippen LogP contribution in [-0.2, 0) is 4.74 Å². The first kappa shape index (κ1) is 18.8. The van der Waals surface area contributed by atoms with Crippen molar-refractivity contribution in [2.24, 2.45) is 10.7 Å². The molecule has 2 aliphatic heterocycles. The van der Waals surface area contributed by atoms with Gasteiger partial charge < -0.3 is 25.6 Å². The van der Waals surface area contributed by atoms with Gasteiger partial charge in [-0.2, -0.15) is 0 Å². The van der Waals surface area contributed by atoms with Crippen molar-refractivity contribution in [3.63, 3.8) is 0 Å². The minimum atomic E-state index is -1.23. The Kier molecular flexibility index (Phi) is 5.62. The highest BCUT2D eigenvalue weighted by molar-refractivity contribution is 7.72. The summed E-state index contributed by atoms with van der Waals surface area (Å²) in [6, 6.07) is 0. The van der Waals surface area contributed by atoms with Crippen molar-refractivity contribution in [3.8, 4) is 11.8 Å². The molecule has 4 N–H and O–H groups in total. The molecule has 0 aromatic rings. The van der Waals surface area contributed by atoms with Crippen LogP contribution in [0, 0.1) is 11.8 Å². The minimum absolute atomic E-state index is 0.277. The zero-order valence-corrected chi connectivity index (χ0v) is 15.3. The number of nitrogens with two attached hydrogens (primary N) is 1. The maximum atomic E-state index is 10.4. The van der Waals surface area contributed by atoms with Crippen LogP contribution >= 0.6 is 6.89 Å². The fourth-order valence-corrected chi connectivity index (χ4v) is 3.62. The average molecular weight is 351 g/mol. The first-order chi connectivity index (χ1) is 11.1. The van der Waals surface area contributed by atoms with Crippen molar-refractivity contribution in [1.29, 1.82) is 0 Å². The molecule has 0 saturated carbocycles. The lowest BCUT2D eigenvalue weighted by molar-refractivity contribution is -0.0579. The van der Waals surface area contributed by atoms with E-state index in [1.807, 2.05) is 0 Å². The maximum absolute atomic E-state index is 10.4. The molecule has 0 aromatic heterocycles. The monoisotopic (exact) mass is 351 g/mol. The number of ether oxygens (including phenoxy) is 1. The number of nitrogens with zero attached hydrogens (tertiary/aromatic N) is 2. The number of hydrogen-bond acceptors (Lipinski definition) is 6. The molecule has 1 saturated heterocycles. The lowest BCUT2D eigenvalue weighted by Gasteiger charge is -2.31. The Morgan fingerprint density at radius 3 is 2.67 bits per heavy atom. The molecule has 1 unspecified atom stereocenters. The number of rotatable bonds is 4. The minimum Gasteiger partial charge on any atom is -0.388 e. The van der Waals surface area contributed by atoms with Gasteiger partial charge in [-0.1, -0.05) is 12.5 Å². The molecule has 0 amide bonds. The molecule has 0 aliphatic carbocycles. The predicted octanol–water partition coefficient (Wildman–Crippen LogP) is 0.584. The van der Waals surface area contributed by atoms with E-state index in [0.717, 1.165) is 6.16 Å². The third-order valence-electron chi connectivity index (χ3n) is 3.98. The summed E-state index contributed by atoms with van der Waals surface area (Å²) in [4.78, 5) is 5.73. The standard InChI is InChI=1S/C17H26N3O3P/c1-6-7-12-10-20(11(2)19-16(12)18)17-15(22)14(21)13(23-17)8-9-24(3,4)5/h10,13-15,17,21-22H,2-3,8-9H2,1,4-5H3,(H2,18,19)/t13?,14-,15-,17-/m1/s1. The van der Waals surface area contributed by atoms with Gasteiger partial charge in [0.05, 0.1) is 11.7 Å². The summed E-state index contributed by atoms with van der Waals surface area (Å²) < 4.78 is 5.91. The van der Waals surface area contributed by atoms with Gasteiger partial charge in [-0.3, -0.25) is 0 Å². The second-order valence-electron chi connectivity index (χ2n) is 6.73. The predicted molar refractivity (Wildman–Crippen MR) is 100 cm³/mol. The Labute approximate surface area is 143 Å². The Morgan fingerprint density at radius 2 is 2.08 bits per heavy atom. The molecule has 0 bridgehead atoms.